The van der Waals surface area contributed by atoms with Crippen molar-refractivity contribution in [1.82, 2.24) is 5.32 Å². The van der Waals surface area contributed by atoms with Gasteiger partial charge in [0.1, 0.15) is 0 Å². The number of hydrogen-bond acceptors (Lipinski definition) is 3. The summed E-state index contributed by atoms with van der Waals surface area (Å²) in [6.07, 6.45) is -0.633. The second-order valence-electron chi connectivity index (χ2n) is 5.14. The van der Waals surface area contributed by atoms with Gasteiger partial charge in [0.25, 0.3) is 0 Å². The Morgan fingerprint density at radius 2 is 1.65 bits per heavy atom. The minimum Gasteiger partial charge on any atom is -0.465 e. The summed E-state index contributed by atoms with van der Waals surface area (Å²) in [5.74, 6) is -0.221. The van der Waals surface area contributed by atoms with Crippen LogP contribution in [0.25, 0.3) is 0 Å². The highest BCUT2D eigenvalue weighted by Crippen LogP contribution is 2.09. The maximum atomic E-state index is 12.0. The Morgan fingerprint density at radius 1 is 1.00 bits per heavy atom. The molecule has 2 aromatic carbocycles. The standard InChI is InChI=1S/C17H19N3O3/c18-15(10-12-4-2-1-3-5-12)16(21)19-11-13-6-8-14(9-7-13)20-17(22)23/h1-9,15,20H,10-11,18H2,(H,19,21)(H,22,23)/t15-/m1/s1. The van der Waals surface area contributed by atoms with E-state index >= 15 is 0 Å². The monoisotopic (exact) mass is 313 g/mol. The van der Waals surface area contributed by atoms with E-state index in [-0.39, 0.29) is 5.91 Å². The predicted molar refractivity (Wildman–Crippen MR) is 88.1 cm³/mol. The van der Waals surface area contributed by atoms with Crippen molar-refractivity contribution in [3.63, 3.8) is 0 Å². The molecule has 23 heavy (non-hydrogen) atoms. The molecule has 6 heteroatoms. The number of amides is 2. The molecule has 0 aliphatic rings. The number of benzene rings is 2. The number of carbonyl (C=O) groups excluding carboxylic acids is 1. The van der Waals surface area contributed by atoms with Gasteiger partial charge in [0.05, 0.1) is 6.04 Å². The third-order valence-electron chi connectivity index (χ3n) is 3.31. The van der Waals surface area contributed by atoms with Crippen LogP contribution in [0.4, 0.5) is 10.5 Å². The zero-order valence-electron chi connectivity index (χ0n) is 12.5. The third kappa shape index (κ3) is 5.44. The molecule has 5 N–H and O–H groups in total. The van der Waals surface area contributed by atoms with Crippen LogP contribution in [0.2, 0.25) is 0 Å². The Balaban J connectivity index is 1.82. The van der Waals surface area contributed by atoms with Gasteiger partial charge >= 0.3 is 6.09 Å². The Bertz CT molecular complexity index is 657. The molecule has 2 aromatic rings. The maximum absolute atomic E-state index is 12.0. The van der Waals surface area contributed by atoms with E-state index in [0.29, 0.717) is 18.7 Å². The summed E-state index contributed by atoms with van der Waals surface area (Å²) in [6, 6.07) is 15.8. The predicted octanol–water partition coefficient (Wildman–Crippen LogP) is 1.96. The van der Waals surface area contributed by atoms with Crippen LogP contribution in [-0.4, -0.2) is 23.1 Å². The summed E-state index contributed by atoms with van der Waals surface area (Å²) in [7, 11) is 0. The van der Waals surface area contributed by atoms with E-state index in [2.05, 4.69) is 10.6 Å². The molecule has 0 spiro atoms. The smallest absolute Gasteiger partial charge is 0.409 e. The lowest BCUT2D eigenvalue weighted by Gasteiger charge is -2.12. The van der Waals surface area contributed by atoms with Crippen LogP contribution >= 0.6 is 0 Å². The number of carbonyl (C=O) groups is 2. The third-order valence-corrected chi connectivity index (χ3v) is 3.31. The van der Waals surface area contributed by atoms with Gasteiger partial charge in [0, 0.05) is 12.2 Å². The van der Waals surface area contributed by atoms with Gasteiger partial charge in [-0.2, -0.15) is 0 Å². The Labute approximate surface area is 134 Å². The van der Waals surface area contributed by atoms with Gasteiger partial charge in [-0.25, -0.2) is 4.79 Å². The van der Waals surface area contributed by atoms with E-state index in [1.165, 1.54) is 0 Å². The minimum atomic E-state index is -1.11. The molecule has 120 valence electrons. The van der Waals surface area contributed by atoms with Crippen LogP contribution in [0.1, 0.15) is 11.1 Å². The number of rotatable bonds is 6. The summed E-state index contributed by atoms with van der Waals surface area (Å²) in [5.41, 5.74) is 8.26. The van der Waals surface area contributed by atoms with Gasteiger partial charge in [-0.3, -0.25) is 10.1 Å². The van der Waals surface area contributed by atoms with Crippen molar-refractivity contribution in [2.75, 3.05) is 5.32 Å². The van der Waals surface area contributed by atoms with E-state index in [9.17, 15) is 9.59 Å². The fraction of sp³-hybridized carbons (Fsp3) is 0.176. The van der Waals surface area contributed by atoms with E-state index in [4.69, 9.17) is 10.8 Å². The molecule has 1 atom stereocenters. The number of nitrogens with one attached hydrogen (secondary N) is 2. The largest absolute Gasteiger partial charge is 0.465 e. The number of carboxylic acid groups (broad SMARTS) is 1. The molecule has 0 saturated carbocycles. The van der Waals surface area contributed by atoms with Crippen molar-refractivity contribution in [1.29, 1.82) is 0 Å². The molecule has 0 aliphatic heterocycles. The summed E-state index contributed by atoms with van der Waals surface area (Å²) >= 11 is 0. The van der Waals surface area contributed by atoms with E-state index in [0.717, 1.165) is 11.1 Å². The first kappa shape index (κ1) is 16.5. The summed E-state index contributed by atoms with van der Waals surface area (Å²) in [6.45, 7) is 0.342. The molecule has 0 heterocycles. The van der Waals surface area contributed by atoms with Crippen molar-refractivity contribution in [2.24, 2.45) is 5.73 Å². The fourth-order valence-electron chi connectivity index (χ4n) is 2.11. The summed E-state index contributed by atoms with van der Waals surface area (Å²) in [5, 5.41) is 13.6. The van der Waals surface area contributed by atoms with Gasteiger partial charge in [-0.1, -0.05) is 42.5 Å². The molecule has 0 aliphatic carbocycles. The van der Waals surface area contributed by atoms with Crippen LogP contribution in [0.3, 0.4) is 0 Å². The van der Waals surface area contributed by atoms with Gasteiger partial charge in [0.2, 0.25) is 5.91 Å². The minimum absolute atomic E-state index is 0.221. The van der Waals surface area contributed by atoms with Gasteiger partial charge in [-0.05, 0) is 29.7 Å². The maximum Gasteiger partial charge on any atom is 0.409 e. The second kappa shape index (κ2) is 7.95. The normalized spacial score (nSPS) is 11.5. The van der Waals surface area contributed by atoms with Crippen LogP contribution in [-0.2, 0) is 17.8 Å². The number of nitrogens with two attached hydrogens (primary N) is 1. The Kier molecular flexibility index (Phi) is 5.71. The van der Waals surface area contributed by atoms with E-state index in [1.807, 2.05) is 30.3 Å². The molecule has 0 aromatic heterocycles. The van der Waals surface area contributed by atoms with Crippen molar-refractivity contribution < 1.29 is 14.7 Å². The topological polar surface area (TPSA) is 104 Å². The van der Waals surface area contributed by atoms with E-state index < -0.39 is 12.1 Å². The molecule has 0 fully saturated rings. The quantitative estimate of drug-likeness (QED) is 0.654. The zero-order chi connectivity index (χ0) is 16.7. The van der Waals surface area contributed by atoms with Crippen molar-refractivity contribution in [3.8, 4) is 0 Å². The first-order chi connectivity index (χ1) is 11.0. The molecule has 6 nitrogen and oxygen atoms in total. The van der Waals surface area contributed by atoms with Crippen LogP contribution < -0.4 is 16.4 Å². The summed E-state index contributed by atoms with van der Waals surface area (Å²) < 4.78 is 0. The average Bonchev–Trinajstić information content (AvgIpc) is 2.54. The van der Waals surface area contributed by atoms with Gasteiger partial charge < -0.3 is 16.2 Å². The summed E-state index contributed by atoms with van der Waals surface area (Å²) in [4.78, 5) is 22.5. The highest BCUT2D eigenvalue weighted by Gasteiger charge is 2.13. The molecule has 0 unspecified atom stereocenters. The van der Waals surface area contributed by atoms with Gasteiger partial charge in [0.15, 0.2) is 0 Å². The fourth-order valence-corrected chi connectivity index (χ4v) is 2.11. The highest BCUT2D eigenvalue weighted by atomic mass is 16.4. The van der Waals surface area contributed by atoms with Crippen LogP contribution in [0.15, 0.2) is 54.6 Å². The molecular weight excluding hydrogens is 294 g/mol. The molecule has 0 saturated heterocycles. The number of hydrogen-bond donors (Lipinski definition) is 4. The van der Waals surface area contributed by atoms with E-state index in [1.54, 1.807) is 24.3 Å². The van der Waals surface area contributed by atoms with Gasteiger partial charge in [-0.15, -0.1) is 0 Å². The SMILES string of the molecule is N[C@H](Cc1ccccc1)C(=O)NCc1ccc(NC(=O)O)cc1. The molecule has 0 radical (unpaired) electrons. The zero-order valence-corrected chi connectivity index (χ0v) is 12.5. The number of anilines is 1. The Hall–Kier alpha value is -2.86. The lowest BCUT2D eigenvalue weighted by atomic mass is 10.1. The van der Waals surface area contributed by atoms with Crippen molar-refractivity contribution in [3.05, 3.63) is 65.7 Å². The molecule has 0 bridgehead atoms. The first-order valence-corrected chi connectivity index (χ1v) is 7.20. The second-order valence-corrected chi connectivity index (χ2v) is 5.14. The molecular formula is C17H19N3O3. The molecule has 2 amide bonds. The van der Waals surface area contributed by atoms with Crippen LogP contribution in [0, 0.1) is 0 Å². The van der Waals surface area contributed by atoms with Crippen LogP contribution in [0.5, 0.6) is 0 Å². The lowest BCUT2D eigenvalue weighted by molar-refractivity contribution is -0.122. The average molecular weight is 313 g/mol. The Morgan fingerprint density at radius 3 is 2.26 bits per heavy atom. The van der Waals surface area contributed by atoms with Crippen molar-refractivity contribution >= 4 is 17.7 Å². The lowest BCUT2D eigenvalue weighted by Crippen LogP contribution is -2.41. The van der Waals surface area contributed by atoms with Crippen molar-refractivity contribution in [2.45, 2.75) is 19.0 Å². The first-order valence-electron chi connectivity index (χ1n) is 7.20. The highest BCUT2D eigenvalue weighted by molar-refractivity contribution is 5.83. The molecule has 2 rings (SSSR count).